The molecule has 3 N–H and O–H groups in total. The van der Waals surface area contributed by atoms with Crippen molar-refractivity contribution in [3.8, 4) is 5.75 Å². The van der Waals surface area contributed by atoms with Gasteiger partial charge in [0.05, 0.1) is 16.7 Å². The molecule has 1 amide bonds. The topological polar surface area (TPSA) is 109 Å². The first-order chi connectivity index (χ1) is 16.4. The molecular weight excluding hydrogens is 443 g/mol. The minimum absolute atomic E-state index is 0.119. The van der Waals surface area contributed by atoms with E-state index in [2.05, 4.69) is 5.32 Å². The smallest absolute Gasteiger partial charge is 0.224 e. The van der Waals surface area contributed by atoms with E-state index in [4.69, 9.17) is 14.5 Å². The number of nitrogens with zero attached hydrogens (tertiary/aromatic N) is 3. The van der Waals surface area contributed by atoms with E-state index < -0.39 is 17.5 Å². The summed E-state index contributed by atoms with van der Waals surface area (Å²) in [5, 5.41) is 24.6. The number of hydrogen-bond donors (Lipinski definition) is 3. The highest BCUT2D eigenvalue weighted by molar-refractivity contribution is 5.94. The number of imidazole rings is 1. The van der Waals surface area contributed by atoms with Gasteiger partial charge in [0, 0.05) is 32.2 Å². The average Bonchev–Trinajstić information content (AvgIpc) is 3.20. The number of halogens is 1. The number of fused-ring (bicyclic) bond motifs is 2. The van der Waals surface area contributed by atoms with Crippen molar-refractivity contribution in [3.63, 3.8) is 0 Å². The van der Waals surface area contributed by atoms with Crippen molar-refractivity contribution in [3.05, 3.63) is 47.8 Å². The zero-order valence-corrected chi connectivity index (χ0v) is 18.8. The second-order valence-electron chi connectivity index (χ2n) is 8.80. The van der Waals surface area contributed by atoms with E-state index in [0.717, 1.165) is 11.0 Å². The third-order valence-electron chi connectivity index (χ3n) is 6.57. The van der Waals surface area contributed by atoms with E-state index >= 15 is 0 Å². The van der Waals surface area contributed by atoms with Crippen LogP contribution in [0.15, 0.2) is 36.4 Å². The van der Waals surface area contributed by atoms with E-state index in [1.54, 1.807) is 7.11 Å². The van der Waals surface area contributed by atoms with Crippen molar-refractivity contribution in [2.45, 2.75) is 37.7 Å². The standard InChI is InChI=1S/C24H27FN4O5/c1-33-14-29-18-5-3-2-4-17(18)26-23(29)28-11-10-24(32,20(30)12-28)13-34-19-8-7-16(25)22-15(19)6-9-21(31)27-22/h2-5,7-8,20,30,32H,6,9-14H2,1H3,(H,27,31)/t20-,24-/m1/s1. The first-order valence-electron chi connectivity index (χ1n) is 11.2. The molecule has 0 spiro atoms. The van der Waals surface area contributed by atoms with E-state index in [0.29, 0.717) is 37.0 Å². The lowest BCUT2D eigenvalue weighted by atomic mass is 9.89. The lowest BCUT2D eigenvalue weighted by molar-refractivity contribution is -0.116. The maximum absolute atomic E-state index is 14.1. The summed E-state index contributed by atoms with van der Waals surface area (Å²) in [6.45, 7) is 0.747. The van der Waals surface area contributed by atoms with Gasteiger partial charge in [0.25, 0.3) is 0 Å². The number of β-amino-alcohol motifs (C(OH)–C–C–N with tert-alkyl or cyclic N) is 1. The van der Waals surface area contributed by atoms with Crippen LogP contribution in [0.2, 0.25) is 0 Å². The van der Waals surface area contributed by atoms with Crippen molar-refractivity contribution in [1.29, 1.82) is 0 Å². The Balaban J connectivity index is 1.32. The van der Waals surface area contributed by atoms with Gasteiger partial charge in [0.2, 0.25) is 11.9 Å². The van der Waals surface area contributed by atoms with E-state index in [1.165, 1.54) is 12.1 Å². The van der Waals surface area contributed by atoms with Gasteiger partial charge in [-0.2, -0.15) is 0 Å². The molecule has 2 aliphatic heterocycles. The molecule has 9 nitrogen and oxygen atoms in total. The molecule has 0 aliphatic carbocycles. The molecule has 180 valence electrons. The van der Waals surface area contributed by atoms with Crippen molar-refractivity contribution < 1.29 is 28.9 Å². The largest absolute Gasteiger partial charge is 0.490 e. The van der Waals surface area contributed by atoms with Gasteiger partial charge in [-0.3, -0.25) is 9.36 Å². The SMILES string of the molecule is COCn1c(N2CC[C@@](O)(COc3ccc(F)c4c3CCC(=O)N4)[C@H](O)C2)nc2ccccc21. The second-order valence-corrected chi connectivity index (χ2v) is 8.80. The third kappa shape index (κ3) is 3.97. The van der Waals surface area contributed by atoms with Gasteiger partial charge in [0.15, 0.2) is 0 Å². The van der Waals surface area contributed by atoms with Crippen LogP contribution >= 0.6 is 0 Å². The predicted octanol–water partition coefficient (Wildman–Crippen LogP) is 2.05. The summed E-state index contributed by atoms with van der Waals surface area (Å²) in [4.78, 5) is 18.3. The maximum Gasteiger partial charge on any atom is 0.224 e. The minimum atomic E-state index is -1.49. The number of anilines is 2. The van der Waals surface area contributed by atoms with Gasteiger partial charge >= 0.3 is 0 Å². The molecule has 1 aromatic heterocycles. The fourth-order valence-corrected chi connectivity index (χ4v) is 4.64. The molecule has 34 heavy (non-hydrogen) atoms. The van der Waals surface area contributed by atoms with Crippen LogP contribution in [-0.2, 0) is 22.7 Å². The normalized spacial score (nSPS) is 22.5. The molecule has 0 bridgehead atoms. The number of para-hydroxylation sites is 2. The van der Waals surface area contributed by atoms with E-state index in [-0.39, 0.29) is 37.6 Å². The Morgan fingerprint density at radius 2 is 2.09 bits per heavy atom. The van der Waals surface area contributed by atoms with Crippen LogP contribution in [0, 0.1) is 5.82 Å². The fourth-order valence-electron chi connectivity index (χ4n) is 4.64. The first-order valence-corrected chi connectivity index (χ1v) is 11.2. The van der Waals surface area contributed by atoms with Crippen molar-refractivity contribution in [2.24, 2.45) is 0 Å². The zero-order valence-electron chi connectivity index (χ0n) is 18.8. The Bertz CT molecular complexity index is 1230. The molecule has 0 radical (unpaired) electrons. The molecular formula is C24H27FN4O5. The number of methoxy groups -OCH3 is 1. The number of piperidine rings is 1. The van der Waals surface area contributed by atoms with Gasteiger partial charge in [-0.25, -0.2) is 9.37 Å². The first kappa shape index (κ1) is 22.6. The molecule has 1 fully saturated rings. The number of aliphatic hydroxyl groups excluding tert-OH is 1. The van der Waals surface area contributed by atoms with E-state index in [1.807, 2.05) is 33.7 Å². The molecule has 3 aromatic rings. The summed E-state index contributed by atoms with van der Waals surface area (Å²) in [6.07, 6.45) is -0.284. The van der Waals surface area contributed by atoms with Crippen LogP contribution < -0.4 is 15.0 Å². The Morgan fingerprint density at radius 3 is 2.88 bits per heavy atom. The Labute approximate surface area is 195 Å². The highest BCUT2D eigenvalue weighted by Crippen LogP contribution is 2.35. The van der Waals surface area contributed by atoms with Crippen LogP contribution in [0.3, 0.4) is 0 Å². The molecule has 0 saturated carbocycles. The zero-order chi connectivity index (χ0) is 23.9. The summed E-state index contributed by atoms with van der Waals surface area (Å²) in [5.41, 5.74) is 0.928. The second kappa shape index (κ2) is 8.86. The molecule has 0 unspecified atom stereocenters. The number of carbonyl (C=O) groups excluding carboxylic acids is 1. The number of aromatic nitrogens is 2. The van der Waals surface area contributed by atoms with Gasteiger partial charge in [-0.1, -0.05) is 12.1 Å². The molecule has 2 aliphatic rings. The van der Waals surface area contributed by atoms with Crippen LogP contribution in [0.25, 0.3) is 11.0 Å². The van der Waals surface area contributed by atoms with Gasteiger partial charge in [0.1, 0.15) is 36.6 Å². The Kier molecular flexibility index (Phi) is 5.88. The molecule has 2 aromatic carbocycles. The molecule has 10 heteroatoms. The monoisotopic (exact) mass is 470 g/mol. The number of hydrogen-bond acceptors (Lipinski definition) is 7. The highest BCUT2D eigenvalue weighted by Gasteiger charge is 2.43. The van der Waals surface area contributed by atoms with E-state index in [9.17, 15) is 19.4 Å². The lowest BCUT2D eigenvalue weighted by Crippen LogP contribution is -2.59. The van der Waals surface area contributed by atoms with Crippen molar-refractivity contribution in [1.82, 2.24) is 9.55 Å². The number of aliphatic hydroxyl groups is 2. The Hall–Kier alpha value is -3.21. The number of carbonyl (C=O) groups is 1. The van der Waals surface area contributed by atoms with Crippen LogP contribution in [0.4, 0.5) is 16.0 Å². The molecule has 1 saturated heterocycles. The van der Waals surface area contributed by atoms with Crippen molar-refractivity contribution in [2.75, 3.05) is 37.0 Å². The summed E-state index contributed by atoms with van der Waals surface area (Å²) >= 11 is 0. The van der Waals surface area contributed by atoms with Crippen LogP contribution in [0.5, 0.6) is 5.75 Å². The lowest BCUT2D eigenvalue weighted by Gasteiger charge is -2.42. The van der Waals surface area contributed by atoms with Crippen molar-refractivity contribution >= 4 is 28.6 Å². The maximum atomic E-state index is 14.1. The minimum Gasteiger partial charge on any atom is -0.490 e. The summed E-state index contributed by atoms with van der Waals surface area (Å²) in [7, 11) is 1.61. The summed E-state index contributed by atoms with van der Waals surface area (Å²) in [5.74, 6) is 0.278. The molecule has 3 heterocycles. The number of ether oxygens (including phenoxy) is 2. The molecule has 5 rings (SSSR count). The number of benzene rings is 2. The molecule has 2 atom stereocenters. The Morgan fingerprint density at radius 1 is 1.26 bits per heavy atom. The highest BCUT2D eigenvalue weighted by atomic mass is 19.1. The van der Waals surface area contributed by atoms with Crippen LogP contribution in [0.1, 0.15) is 18.4 Å². The van der Waals surface area contributed by atoms with Gasteiger partial charge < -0.3 is 29.9 Å². The van der Waals surface area contributed by atoms with Gasteiger partial charge in [-0.05, 0) is 37.1 Å². The fraction of sp³-hybridized carbons (Fsp3) is 0.417. The number of amides is 1. The number of nitrogens with one attached hydrogen (secondary N) is 1. The summed E-state index contributed by atoms with van der Waals surface area (Å²) < 4.78 is 27.3. The average molecular weight is 471 g/mol. The third-order valence-corrected chi connectivity index (χ3v) is 6.57. The quantitative estimate of drug-likeness (QED) is 0.506. The van der Waals surface area contributed by atoms with Crippen LogP contribution in [-0.4, -0.2) is 64.2 Å². The van der Waals surface area contributed by atoms with Gasteiger partial charge in [-0.15, -0.1) is 0 Å². The summed E-state index contributed by atoms with van der Waals surface area (Å²) in [6, 6.07) is 10.4. The predicted molar refractivity (Wildman–Crippen MR) is 123 cm³/mol. The number of rotatable bonds is 6.